The van der Waals surface area contributed by atoms with Crippen LogP contribution in [-0.4, -0.2) is 50.6 Å². The number of carbonyl (C=O) groups is 2. The van der Waals surface area contributed by atoms with E-state index in [1.807, 2.05) is 26.8 Å². The van der Waals surface area contributed by atoms with Gasteiger partial charge in [0.25, 0.3) is 0 Å². The number of esters is 1. The van der Waals surface area contributed by atoms with Gasteiger partial charge in [-0.2, -0.15) is 0 Å². The number of rotatable bonds is 12. The third-order valence-electron chi connectivity index (χ3n) is 5.32. The molecule has 0 unspecified atom stereocenters. The summed E-state index contributed by atoms with van der Waals surface area (Å²) in [5, 5.41) is 0. The third kappa shape index (κ3) is 8.25. The smallest absolute Gasteiger partial charge is 0.333 e. The van der Waals surface area contributed by atoms with E-state index in [4.69, 9.17) is 18.9 Å². The Hall–Kier alpha value is -1.76. The highest BCUT2D eigenvalue weighted by Gasteiger charge is 2.42. The average Bonchev–Trinajstić information content (AvgIpc) is 2.70. The molecule has 0 bridgehead atoms. The molecule has 6 nitrogen and oxygen atoms in total. The minimum absolute atomic E-state index is 0.0858. The van der Waals surface area contributed by atoms with E-state index in [9.17, 15) is 9.59 Å². The lowest BCUT2D eigenvalue weighted by molar-refractivity contribution is -0.218. The van der Waals surface area contributed by atoms with Crippen molar-refractivity contribution in [2.75, 3.05) is 20.5 Å². The van der Waals surface area contributed by atoms with Gasteiger partial charge < -0.3 is 18.9 Å². The summed E-state index contributed by atoms with van der Waals surface area (Å²) < 4.78 is 22.4. The molecule has 1 aliphatic heterocycles. The molecule has 1 rings (SSSR count). The molecule has 0 aromatic rings. The highest BCUT2D eigenvalue weighted by molar-refractivity contribution is 5.87. The van der Waals surface area contributed by atoms with E-state index >= 15 is 0 Å². The summed E-state index contributed by atoms with van der Waals surface area (Å²) in [6.07, 6.45) is 7.79. The summed E-state index contributed by atoms with van der Waals surface area (Å²) >= 11 is 0. The fraction of sp³-hybridized carbons (Fsp3) is 0.652. The molecule has 0 radical (unpaired) electrons. The van der Waals surface area contributed by atoms with Crippen LogP contribution in [0, 0.1) is 0 Å². The largest absolute Gasteiger partial charge is 0.463 e. The summed E-state index contributed by atoms with van der Waals surface area (Å²) in [4.78, 5) is 22.5. The van der Waals surface area contributed by atoms with Gasteiger partial charge in [-0.3, -0.25) is 4.79 Å². The van der Waals surface area contributed by atoms with Crippen LogP contribution in [0.1, 0.15) is 59.8 Å². The van der Waals surface area contributed by atoms with Crippen LogP contribution in [0.3, 0.4) is 0 Å². The maximum atomic E-state index is 11.7. The van der Waals surface area contributed by atoms with E-state index < -0.39 is 5.60 Å². The Balaban J connectivity index is 2.76. The molecule has 29 heavy (non-hydrogen) atoms. The predicted octanol–water partition coefficient (Wildman–Crippen LogP) is 4.29. The highest BCUT2D eigenvalue weighted by Crippen LogP contribution is 2.37. The van der Waals surface area contributed by atoms with E-state index in [-0.39, 0.29) is 25.0 Å². The quantitative estimate of drug-likeness (QED) is 0.158. The fourth-order valence-electron chi connectivity index (χ4n) is 3.35. The van der Waals surface area contributed by atoms with Crippen LogP contribution in [0.5, 0.6) is 0 Å². The van der Waals surface area contributed by atoms with E-state index in [1.54, 1.807) is 20.1 Å². The first kappa shape index (κ1) is 25.3. The average molecular weight is 409 g/mol. The van der Waals surface area contributed by atoms with Crippen molar-refractivity contribution >= 4 is 12.3 Å². The zero-order valence-corrected chi connectivity index (χ0v) is 18.5. The number of ether oxygens (including phenoxy) is 4. The van der Waals surface area contributed by atoms with Gasteiger partial charge >= 0.3 is 5.97 Å². The molecule has 1 aliphatic rings. The van der Waals surface area contributed by atoms with Crippen LogP contribution in [0.25, 0.3) is 0 Å². The molecular formula is C23H36O6. The molecular weight excluding hydrogens is 372 g/mol. The first-order valence-corrected chi connectivity index (χ1v) is 10.2. The van der Waals surface area contributed by atoms with Gasteiger partial charge in [0.2, 0.25) is 0 Å². The number of allylic oxidation sites excluding steroid dienone is 3. The molecule has 1 saturated heterocycles. The van der Waals surface area contributed by atoms with Gasteiger partial charge in [-0.05, 0) is 71.4 Å². The summed E-state index contributed by atoms with van der Waals surface area (Å²) in [5.41, 5.74) is 2.07. The highest BCUT2D eigenvalue weighted by atomic mass is 16.7. The van der Waals surface area contributed by atoms with Gasteiger partial charge in [0.1, 0.15) is 13.1 Å². The number of hydrogen-bond donors (Lipinski definition) is 0. The number of carbonyl (C=O) groups excluding carboxylic acids is 2. The normalized spacial score (nSPS) is 25.6. The molecule has 3 atom stereocenters. The number of aldehydes is 1. The third-order valence-corrected chi connectivity index (χ3v) is 5.32. The molecule has 1 fully saturated rings. The minimum atomic E-state index is -0.456. The van der Waals surface area contributed by atoms with Crippen LogP contribution < -0.4 is 0 Å². The molecule has 0 N–H and O–H groups in total. The Morgan fingerprint density at radius 1 is 1.34 bits per heavy atom. The van der Waals surface area contributed by atoms with Crippen LogP contribution >= 0.6 is 0 Å². The van der Waals surface area contributed by atoms with Crippen LogP contribution in [0.15, 0.2) is 35.5 Å². The Labute approximate surface area is 174 Å². The Kier molecular flexibility index (Phi) is 11.1. The lowest BCUT2D eigenvalue weighted by Crippen LogP contribution is -2.50. The second-order valence-corrected chi connectivity index (χ2v) is 7.68. The maximum Gasteiger partial charge on any atom is 0.333 e. The van der Waals surface area contributed by atoms with E-state index in [0.717, 1.165) is 43.1 Å². The zero-order chi connectivity index (χ0) is 21.9. The minimum Gasteiger partial charge on any atom is -0.463 e. The molecule has 0 aromatic heterocycles. The molecule has 1 heterocycles. The summed E-state index contributed by atoms with van der Waals surface area (Å²) in [7, 11) is 1.60. The van der Waals surface area contributed by atoms with Crippen LogP contribution in [0.2, 0.25) is 0 Å². The second kappa shape index (κ2) is 12.7. The molecule has 0 spiro atoms. The van der Waals surface area contributed by atoms with Crippen LogP contribution in [0.4, 0.5) is 0 Å². The summed E-state index contributed by atoms with van der Waals surface area (Å²) in [6, 6.07) is 0. The second-order valence-electron chi connectivity index (χ2n) is 7.68. The van der Waals surface area contributed by atoms with Crippen molar-refractivity contribution in [1.82, 2.24) is 0 Å². The SMILES string of the molecule is C=C(C/C=C(\C)CC[C@H]1O[C@H](/C(C)=C/C=O)CC[C@]1(C)OCOC)C(=O)OCC. The van der Waals surface area contributed by atoms with Gasteiger partial charge in [-0.25, -0.2) is 4.79 Å². The molecule has 0 saturated carbocycles. The van der Waals surface area contributed by atoms with Crippen molar-refractivity contribution < 1.29 is 28.5 Å². The zero-order valence-electron chi connectivity index (χ0n) is 18.5. The van der Waals surface area contributed by atoms with Gasteiger partial charge in [0, 0.05) is 12.7 Å². The molecule has 0 aromatic carbocycles. The molecule has 0 aliphatic carbocycles. The van der Waals surface area contributed by atoms with Gasteiger partial charge in [-0.1, -0.05) is 18.2 Å². The standard InChI is InChI=1S/C23H36O6/c1-7-27-22(25)19(4)10-8-17(2)9-11-21-23(5,28-16-26-6)14-12-20(29-21)18(3)13-15-24/h8,13,15,20-21H,4,7,9-12,14,16H2,1-3,5-6H3/b17-8+,18-13+/t20-,21+,23-/m0/s1. The number of hydrogen-bond acceptors (Lipinski definition) is 6. The Morgan fingerprint density at radius 2 is 2.07 bits per heavy atom. The fourth-order valence-corrected chi connectivity index (χ4v) is 3.35. The molecule has 164 valence electrons. The van der Waals surface area contributed by atoms with E-state index in [0.29, 0.717) is 18.6 Å². The monoisotopic (exact) mass is 408 g/mol. The summed E-state index contributed by atoms with van der Waals surface area (Å²) in [5.74, 6) is -0.354. The first-order chi connectivity index (χ1) is 13.8. The Bertz CT molecular complexity index is 621. The number of methoxy groups -OCH3 is 1. The lowest BCUT2D eigenvalue weighted by Gasteiger charge is -2.44. The maximum absolute atomic E-state index is 11.7. The van der Waals surface area contributed by atoms with Gasteiger partial charge in [0.15, 0.2) is 0 Å². The van der Waals surface area contributed by atoms with Crippen molar-refractivity contribution in [2.45, 2.75) is 77.6 Å². The van der Waals surface area contributed by atoms with Crippen LogP contribution in [-0.2, 0) is 28.5 Å². The topological polar surface area (TPSA) is 71.1 Å². The van der Waals surface area contributed by atoms with Crippen molar-refractivity contribution in [2.24, 2.45) is 0 Å². The van der Waals surface area contributed by atoms with Crippen molar-refractivity contribution in [3.8, 4) is 0 Å². The first-order valence-electron chi connectivity index (χ1n) is 10.2. The van der Waals surface area contributed by atoms with Crippen molar-refractivity contribution in [1.29, 1.82) is 0 Å². The predicted molar refractivity (Wildman–Crippen MR) is 112 cm³/mol. The van der Waals surface area contributed by atoms with Gasteiger partial charge in [0.05, 0.1) is 24.4 Å². The van der Waals surface area contributed by atoms with Crippen molar-refractivity contribution in [3.05, 3.63) is 35.5 Å². The Morgan fingerprint density at radius 3 is 2.69 bits per heavy atom. The lowest BCUT2D eigenvalue weighted by atomic mass is 9.84. The molecule has 6 heteroatoms. The van der Waals surface area contributed by atoms with Crippen molar-refractivity contribution in [3.63, 3.8) is 0 Å². The van der Waals surface area contributed by atoms with Gasteiger partial charge in [-0.15, -0.1) is 0 Å². The van der Waals surface area contributed by atoms with E-state index in [2.05, 4.69) is 6.58 Å². The van der Waals surface area contributed by atoms with E-state index in [1.165, 1.54) is 0 Å². The summed E-state index contributed by atoms with van der Waals surface area (Å²) in [6.45, 7) is 12.1. The molecule has 0 amide bonds.